The van der Waals surface area contributed by atoms with Gasteiger partial charge in [-0.2, -0.15) is 4.98 Å². The molecule has 0 spiro atoms. The average molecular weight is 370 g/mol. The topological polar surface area (TPSA) is 80.5 Å². The first-order valence-corrected chi connectivity index (χ1v) is 9.80. The summed E-state index contributed by atoms with van der Waals surface area (Å²) in [4.78, 5) is 19.2. The van der Waals surface area contributed by atoms with Crippen molar-refractivity contribution < 1.29 is 14.1 Å². The molecule has 2 heterocycles. The van der Waals surface area contributed by atoms with Crippen LogP contribution in [0.3, 0.4) is 0 Å². The first kappa shape index (κ1) is 17.8. The van der Waals surface area contributed by atoms with E-state index in [1.165, 1.54) is 19.3 Å². The lowest BCUT2D eigenvalue weighted by atomic mass is 9.96. The van der Waals surface area contributed by atoms with E-state index >= 15 is 0 Å². The normalized spacial score (nSPS) is 20.6. The maximum atomic E-state index is 12.8. The van der Waals surface area contributed by atoms with E-state index in [2.05, 4.69) is 15.5 Å². The third-order valence-electron chi connectivity index (χ3n) is 5.52. The lowest BCUT2D eigenvalue weighted by molar-refractivity contribution is 0.173. The minimum atomic E-state index is -0.162. The Morgan fingerprint density at radius 1 is 1.19 bits per heavy atom. The van der Waals surface area contributed by atoms with Crippen LogP contribution in [0.25, 0.3) is 11.4 Å². The fraction of sp³-hybridized carbons (Fsp3) is 0.550. The number of nitrogens with one attached hydrogen (secondary N) is 1. The molecule has 1 aliphatic heterocycles. The number of methoxy groups -OCH3 is 1. The molecule has 1 aromatic carbocycles. The van der Waals surface area contributed by atoms with E-state index in [1.54, 1.807) is 7.11 Å². The van der Waals surface area contributed by atoms with Crippen LogP contribution < -0.4 is 10.1 Å². The van der Waals surface area contributed by atoms with Gasteiger partial charge in [-0.05, 0) is 37.8 Å². The van der Waals surface area contributed by atoms with Crippen molar-refractivity contribution in [3.8, 4) is 17.1 Å². The molecule has 144 valence electrons. The van der Waals surface area contributed by atoms with Crippen molar-refractivity contribution in [3.05, 3.63) is 30.2 Å². The fourth-order valence-corrected chi connectivity index (χ4v) is 4.08. The summed E-state index contributed by atoms with van der Waals surface area (Å²) in [7, 11) is 1.62. The molecule has 7 nitrogen and oxygen atoms in total. The summed E-state index contributed by atoms with van der Waals surface area (Å²) in [5, 5.41) is 7.32. The Morgan fingerprint density at radius 3 is 2.81 bits per heavy atom. The van der Waals surface area contributed by atoms with Crippen LogP contribution in [0.5, 0.6) is 5.75 Å². The van der Waals surface area contributed by atoms with E-state index in [4.69, 9.17) is 9.26 Å². The second kappa shape index (κ2) is 7.98. The van der Waals surface area contributed by atoms with Crippen LogP contribution in [0.2, 0.25) is 0 Å². The number of hydrogen-bond donors (Lipinski definition) is 1. The molecular formula is C20H26N4O3. The summed E-state index contributed by atoms with van der Waals surface area (Å²) in [6.45, 7) is 0.718. The highest BCUT2D eigenvalue weighted by Gasteiger charge is 2.35. The van der Waals surface area contributed by atoms with Gasteiger partial charge in [0.05, 0.1) is 12.7 Å². The van der Waals surface area contributed by atoms with Gasteiger partial charge in [0.1, 0.15) is 11.8 Å². The lowest BCUT2D eigenvalue weighted by Gasteiger charge is -2.28. The summed E-state index contributed by atoms with van der Waals surface area (Å²) in [5.74, 6) is 1.68. The minimum absolute atomic E-state index is 0.0126. The molecule has 4 rings (SSSR count). The van der Waals surface area contributed by atoms with E-state index in [-0.39, 0.29) is 12.1 Å². The van der Waals surface area contributed by atoms with Crippen LogP contribution in [-0.2, 0) is 0 Å². The zero-order valence-corrected chi connectivity index (χ0v) is 15.7. The summed E-state index contributed by atoms with van der Waals surface area (Å²) < 4.78 is 10.9. The Hall–Kier alpha value is -2.57. The molecule has 7 heteroatoms. The standard InChI is InChI=1S/C20H26N4O3/c1-26-17-12-6-5-10-15(17)18-22-19(27-23-18)16-11-7-13-24(16)20(25)21-14-8-3-2-4-9-14/h5-6,10,12,14,16H,2-4,7-9,11,13H2,1H3,(H,21,25). The van der Waals surface area contributed by atoms with Crippen molar-refractivity contribution in [2.75, 3.05) is 13.7 Å². The number of likely N-dealkylation sites (tertiary alicyclic amines) is 1. The van der Waals surface area contributed by atoms with E-state index < -0.39 is 0 Å². The lowest BCUT2D eigenvalue weighted by Crippen LogP contribution is -2.45. The molecule has 27 heavy (non-hydrogen) atoms. The number of para-hydroxylation sites is 1. The number of carbonyl (C=O) groups is 1. The molecule has 1 unspecified atom stereocenters. The minimum Gasteiger partial charge on any atom is -0.496 e. The number of urea groups is 1. The Morgan fingerprint density at radius 2 is 2.00 bits per heavy atom. The average Bonchev–Trinajstić information content (AvgIpc) is 3.38. The maximum Gasteiger partial charge on any atom is 0.318 e. The van der Waals surface area contributed by atoms with Gasteiger partial charge in [-0.3, -0.25) is 0 Å². The molecule has 0 radical (unpaired) electrons. The number of hydrogen-bond acceptors (Lipinski definition) is 5. The largest absolute Gasteiger partial charge is 0.496 e. The number of aromatic nitrogens is 2. The first-order chi connectivity index (χ1) is 13.3. The molecule has 2 aliphatic rings. The summed E-state index contributed by atoms with van der Waals surface area (Å²) >= 11 is 0. The highest BCUT2D eigenvalue weighted by atomic mass is 16.5. The van der Waals surface area contributed by atoms with Crippen molar-refractivity contribution >= 4 is 6.03 Å². The number of nitrogens with zero attached hydrogens (tertiary/aromatic N) is 3. The molecular weight excluding hydrogens is 344 g/mol. The number of rotatable bonds is 4. The Kier molecular flexibility index (Phi) is 5.27. The van der Waals surface area contributed by atoms with Crippen LogP contribution >= 0.6 is 0 Å². The summed E-state index contributed by atoms with van der Waals surface area (Å²) in [5.41, 5.74) is 0.784. The highest BCUT2D eigenvalue weighted by molar-refractivity contribution is 5.75. The highest BCUT2D eigenvalue weighted by Crippen LogP contribution is 2.34. The van der Waals surface area contributed by atoms with Gasteiger partial charge < -0.3 is 19.5 Å². The summed E-state index contributed by atoms with van der Waals surface area (Å²) in [6, 6.07) is 7.69. The molecule has 1 aromatic heterocycles. The van der Waals surface area contributed by atoms with E-state index in [0.29, 0.717) is 23.5 Å². The van der Waals surface area contributed by atoms with Gasteiger partial charge in [0.25, 0.3) is 0 Å². The number of carbonyl (C=O) groups excluding carboxylic acids is 1. The number of ether oxygens (including phenoxy) is 1. The molecule has 2 amide bonds. The molecule has 2 aromatic rings. The van der Waals surface area contributed by atoms with Crippen molar-refractivity contribution in [1.82, 2.24) is 20.4 Å². The molecule has 1 aliphatic carbocycles. The van der Waals surface area contributed by atoms with Crippen LogP contribution in [0, 0.1) is 0 Å². The van der Waals surface area contributed by atoms with Gasteiger partial charge in [-0.15, -0.1) is 0 Å². The zero-order chi connectivity index (χ0) is 18.6. The Labute approximate surface area is 159 Å². The third-order valence-corrected chi connectivity index (χ3v) is 5.52. The first-order valence-electron chi connectivity index (χ1n) is 9.80. The Bertz CT molecular complexity index is 785. The smallest absolute Gasteiger partial charge is 0.318 e. The van der Waals surface area contributed by atoms with E-state index in [0.717, 1.165) is 37.8 Å². The van der Waals surface area contributed by atoms with Gasteiger partial charge in [0.2, 0.25) is 11.7 Å². The maximum absolute atomic E-state index is 12.8. The van der Waals surface area contributed by atoms with Crippen molar-refractivity contribution in [2.24, 2.45) is 0 Å². The quantitative estimate of drug-likeness (QED) is 0.882. The molecule has 1 N–H and O–H groups in total. The summed E-state index contributed by atoms with van der Waals surface area (Å²) in [6.07, 6.45) is 7.58. The second-order valence-corrected chi connectivity index (χ2v) is 7.29. The number of benzene rings is 1. The predicted octanol–water partition coefficient (Wildman–Crippen LogP) is 3.92. The van der Waals surface area contributed by atoms with E-state index in [9.17, 15) is 4.79 Å². The molecule has 1 saturated carbocycles. The molecule has 2 fully saturated rings. The van der Waals surface area contributed by atoms with Crippen molar-refractivity contribution in [2.45, 2.75) is 57.0 Å². The molecule has 0 bridgehead atoms. The second-order valence-electron chi connectivity index (χ2n) is 7.29. The van der Waals surface area contributed by atoms with Gasteiger partial charge in [-0.25, -0.2) is 4.79 Å². The van der Waals surface area contributed by atoms with Crippen molar-refractivity contribution in [1.29, 1.82) is 0 Å². The van der Waals surface area contributed by atoms with Gasteiger partial charge in [0, 0.05) is 12.6 Å². The van der Waals surface area contributed by atoms with E-state index in [1.807, 2.05) is 29.2 Å². The predicted molar refractivity (Wildman–Crippen MR) is 100 cm³/mol. The molecule has 1 atom stereocenters. The van der Waals surface area contributed by atoms with Gasteiger partial charge >= 0.3 is 6.03 Å². The van der Waals surface area contributed by atoms with Gasteiger partial charge in [-0.1, -0.05) is 36.6 Å². The van der Waals surface area contributed by atoms with Crippen LogP contribution in [0.4, 0.5) is 4.79 Å². The third kappa shape index (κ3) is 3.77. The zero-order valence-electron chi connectivity index (χ0n) is 15.7. The number of amides is 2. The van der Waals surface area contributed by atoms with Crippen LogP contribution in [0.15, 0.2) is 28.8 Å². The SMILES string of the molecule is COc1ccccc1-c1noc(C2CCCN2C(=O)NC2CCCCC2)n1. The van der Waals surface area contributed by atoms with Crippen LogP contribution in [-0.4, -0.2) is 40.8 Å². The van der Waals surface area contributed by atoms with Gasteiger partial charge in [0.15, 0.2) is 0 Å². The van der Waals surface area contributed by atoms with Crippen LogP contribution in [0.1, 0.15) is 56.9 Å². The monoisotopic (exact) mass is 370 g/mol. The van der Waals surface area contributed by atoms with Crippen molar-refractivity contribution in [3.63, 3.8) is 0 Å². The fourth-order valence-electron chi connectivity index (χ4n) is 4.08. The Balaban J connectivity index is 1.49. The molecule has 1 saturated heterocycles.